The van der Waals surface area contributed by atoms with Crippen LogP contribution in [0.25, 0.3) is 0 Å². The summed E-state index contributed by atoms with van der Waals surface area (Å²) >= 11 is 0. The predicted molar refractivity (Wildman–Crippen MR) is 95.6 cm³/mol. The number of nitrogens with one attached hydrogen (secondary N) is 1. The van der Waals surface area contributed by atoms with Crippen molar-refractivity contribution in [1.29, 1.82) is 0 Å². The zero-order valence-corrected chi connectivity index (χ0v) is 14.0. The van der Waals surface area contributed by atoms with Gasteiger partial charge in [-0.25, -0.2) is 0 Å². The minimum Gasteiger partial charge on any atom is -0.492 e. The molecule has 0 bridgehead atoms. The molecule has 0 saturated heterocycles. The van der Waals surface area contributed by atoms with Crippen LogP contribution in [0.15, 0.2) is 48.5 Å². The van der Waals surface area contributed by atoms with Gasteiger partial charge in [0.15, 0.2) is 0 Å². The van der Waals surface area contributed by atoms with Gasteiger partial charge < -0.3 is 15.0 Å². The normalized spacial score (nSPS) is 10.2. The Morgan fingerprint density at radius 2 is 1.65 bits per heavy atom. The Balaban J connectivity index is 2.12. The number of carbonyl (C=O) groups excluding carboxylic acids is 1. The van der Waals surface area contributed by atoms with Gasteiger partial charge >= 0.3 is 0 Å². The molecule has 2 aromatic carbocycles. The van der Waals surface area contributed by atoms with E-state index in [2.05, 4.69) is 24.1 Å². The summed E-state index contributed by atoms with van der Waals surface area (Å²) in [6.45, 7) is 8.62. The smallest absolute Gasteiger partial charge is 0.255 e. The maximum atomic E-state index is 12.4. The van der Waals surface area contributed by atoms with Gasteiger partial charge in [-0.2, -0.15) is 0 Å². The van der Waals surface area contributed by atoms with Crippen LogP contribution >= 0.6 is 0 Å². The molecule has 0 aliphatic rings. The number of benzene rings is 2. The van der Waals surface area contributed by atoms with E-state index in [1.807, 2.05) is 55.5 Å². The largest absolute Gasteiger partial charge is 0.492 e. The molecule has 0 heterocycles. The number of amides is 1. The first-order chi connectivity index (χ1) is 11.2. The van der Waals surface area contributed by atoms with Gasteiger partial charge in [-0.3, -0.25) is 4.79 Å². The summed E-state index contributed by atoms with van der Waals surface area (Å²) in [4.78, 5) is 14.7. The van der Waals surface area contributed by atoms with E-state index in [-0.39, 0.29) is 5.91 Å². The van der Waals surface area contributed by atoms with Crippen LogP contribution in [0.2, 0.25) is 0 Å². The third-order valence-electron chi connectivity index (χ3n) is 3.69. The molecule has 0 radical (unpaired) electrons. The van der Waals surface area contributed by atoms with Crippen LogP contribution in [0.5, 0.6) is 5.75 Å². The summed E-state index contributed by atoms with van der Waals surface area (Å²) < 4.78 is 5.53. The van der Waals surface area contributed by atoms with Gasteiger partial charge in [0.1, 0.15) is 5.75 Å². The van der Waals surface area contributed by atoms with E-state index in [1.165, 1.54) is 0 Å². The van der Waals surface area contributed by atoms with E-state index >= 15 is 0 Å². The maximum Gasteiger partial charge on any atom is 0.255 e. The van der Waals surface area contributed by atoms with E-state index in [0.717, 1.165) is 18.8 Å². The average molecular weight is 312 g/mol. The molecular formula is C19H24N2O2. The predicted octanol–water partition coefficient (Wildman–Crippen LogP) is 4.18. The van der Waals surface area contributed by atoms with Gasteiger partial charge in [-0.15, -0.1) is 0 Å². The van der Waals surface area contributed by atoms with Crippen molar-refractivity contribution in [3.63, 3.8) is 0 Å². The van der Waals surface area contributed by atoms with Crippen LogP contribution in [0.3, 0.4) is 0 Å². The van der Waals surface area contributed by atoms with Gasteiger partial charge in [0.05, 0.1) is 12.3 Å². The summed E-state index contributed by atoms with van der Waals surface area (Å²) in [6, 6.07) is 15.1. The Hall–Kier alpha value is -2.49. The van der Waals surface area contributed by atoms with E-state index in [0.29, 0.717) is 23.6 Å². The van der Waals surface area contributed by atoms with Crippen molar-refractivity contribution in [2.45, 2.75) is 20.8 Å². The molecule has 0 aliphatic heterocycles. The minimum absolute atomic E-state index is 0.136. The monoisotopic (exact) mass is 312 g/mol. The van der Waals surface area contributed by atoms with Crippen molar-refractivity contribution in [1.82, 2.24) is 0 Å². The van der Waals surface area contributed by atoms with Crippen molar-refractivity contribution in [2.75, 3.05) is 29.9 Å². The zero-order chi connectivity index (χ0) is 16.7. The highest BCUT2D eigenvalue weighted by atomic mass is 16.5. The molecule has 0 fully saturated rings. The quantitative estimate of drug-likeness (QED) is 0.833. The summed E-state index contributed by atoms with van der Waals surface area (Å²) in [5, 5.41) is 2.91. The number of para-hydroxylation sites is 2. The number of hydrogen-bond donors (Lipinski definition) is 1. The van der Waals surface area contributed by atoms with Crippen LogP contribution in [0.4, 0.5) is 11.4 Å². The summed E-state index contributed by atoms with van der Waals surface area (Å²) in [7, 11) is 0. The van der Waals surface area contributed by atoms with Crippen LogP contribution in [-0.4, -0.2) is 25.6 Å². The fourth-order valence-corrected chi connectivity index (χ4v) is 2.46. The van der Waals surface area contributed by atoms with Gasteiger partial charge in [0.2, 0.25) is 0 Å². The highest BCUT2D eigenvalue weighted by molar-refractivity contribution is 6.05. The number of ether oxygens (including phenoxy) is 1. The summed E-state index contributed by atoms with van der Waals surface area (Å²) in [5.41, 5.74) is 2.45. The van der Waals surface area contributed by atoms with E-state index in [4.69, 9.17) is 4.74 Å². The number of hydrogen-bond acceptors (Lipinski definition) is 3. The second-order valence-electron chi connectivity index (χ2n) is 5.10. The molecule has 0 atom stereocenters. The van der Waals surface area contributed by atoms with Crippen molar-refractivity contribution >= 4 is 17.3 Å². The second kappa shape index (κ2) is 8.22. The number of rotatable bonds is 7. The Morgan fingerprint density at radius 1 is 1.00 bits per heavy atom. The Labute approximate surface area is 138 Å². The van der Waals surface area contributed by atoms with E-state index < -0.39 is 0 Å². The highest BCUT2D eigenvalue weighted by Gasteiger charge is 2.10. The molecule has 2 aromatic rings. The lowest BCUT2D eigenvalue weighted by Crippen LogP contribution is -2.21. The first kappa shape index (κ1) is 16.9. The molecule has 1 N–H and O–H groups in total. The molecule has 0 unspecified atom stereocenters. The standard InChI is InChI=1S/C19H24N2O2/c1-4-21(5-2)16-13-11-15(12-14-16)19(22)20-17-9-7-8-10-18(17)23-6-3/h7-14H,4-6H2,1-3H3,(H,20,22). The lowest BCUT2D eigenvalue weighted by atomic mass is 10.1. The molecule has 0 aliphatic carbocycles. The molecule has 0 spiro atoms. The number of nitrogens with zero attached hydrogens (tertiary/aromatic N) is 1. The lowest BCUT2D eigenvalue weighted by molar-refractivity contribution is 0.102. The molecule has 1 amide bonds. The van der Waals surface area contributed by atoms with Gasteiger partial charge in [-0.1, -0.05) is 12.1 Å². The fraction of sp³-hybridized carbons (Fsp3) is 0.316. The summed E-state index contributed by atoms with van der Waals surface area (Å²) in [5.74, 6) is 0.548. The van der Waals surface area contributed by atoms with Crippen LogP contribution < -0.4 is 15.0 Å². The minimum atomic E-state index is -0.136. The van der Waals surface area contributed by atoms with E-state index in [1.54, 1.807) is 0 Å². The van der Waals surface area contributed by atoms with Gasteiger partial charge in [0.25, 0.3) is 5.91 Å². The van der Waals surface area contributed by atoms with Gasteiger partial charge in [0, 0.05) is 24.3 Å². The SMILES string of the molecule is CCOc1ccccc1NC(=O)c1ccc(N(CC)CC)cc1. The average Bonchev–Trinajstić information content (AvgIpc) is 2.58. The van der Waals surface area contributed by atoms with Crippen LogP contribution in [-0.2, 0) is 0 Å². The molecule has 2 rings (SSSR count). The molecular weight excluding hydrogens is 288 g/mol. The number of anilines is 2. The third kappa shape index (κ3) is 4.25. The molecule has 0 saturated carbocycles. The second-order valence-corrected chi connectivity index (χ2v) is 5.10. The van der Waals surface area contributed by atoms with Crippen molar-refractivity contribution in [2.24, 2.45) is 0 Å². The molecule has 0 aromatic heterocycles. The van der Waals surface area contributed by atoms with Crippen molar-refractivity contribution < 1.29 is 9.53 Å². The Bertz CT molecular complexity index is 634. The molecule has 4 heteroatoms. The Kier molecular flexibility index (Phi) is 6.03. The lowest BCUT2D eigenvalue weighted by Gasteiger charge is -2.21. The summed E-state index contributed by atoms with van der Waals surface area (Å²) in [6.07, 6.45) is 0. The van der Waals surface area contributed by atoms with E-state index in [9.17, 15) is 4.79 Å². The first-order valence-electron chi connectivity index (χ1n) is 8.07. The zero-order valence-electron chi connectivity index (χ0n) is 14.0. The van der Waals surface area contributed by atoms with Crippen molar-refractivity contribution in [3.8, 4) is 5.75 Å². The number of carbonyl (C=O) groups is 1. The van der Waals surface area contributed by atoms with Crippen LogP contribution in [0.1, 0.15) is 31.1 Å². The van der Waals surface area contributed by atoms with Gasteiger partial charge in [-0.05, 0) is 57.2 Å². The first-order valence-corrected chi connectivity index (χ1v) is 8.07. The van der Waals surface area contributed by atoms with Crippen LogP contribution in [0, 0.1) is 0 Å². The molecule has 4 nitrogen and oxygen atoms in total. The fourth-order valence-electron chi connectivity index (χ4n) is 2.46. The Morgan fingerprint density at radius 3 is 2.26 bits per heavy atom. The molecule has 23 heavy (non-hydrogen) atoms. The highest BCUT2D eigenvalue weighted by Crippen LogP contribution is 2.24. The maximum absolute atomic E-state index is 12.4. The van der Waals surface area contributed by atoms with Crippen molar-refractivity contribution in [3.05, 3.63) is 54.1 Å². The third-order valence-corrected chi connectivity index (χ3v) is 3.69. The topological polar surface area (TPSA) is 41.6 Å². The molecule has 122 valence electrons.